The third kappa shape index (κ3) is 3.92. The van der Waals surface area contributed by atoms with E-state index in [1.165, 1.54) is 24.9 Å². The Balaban J connectivity index is 1.80. The topological polar surface area (TPSA) is 0 Å². The Bertz CT molecular complexity index is 307. The van der Waals surface area contributed by atoms with Crippen LogP contribution >= 0.6 is 71.4 Å². The SMILES string of the molecule is SCCCSC1=CSC(=C2SC=CS2)S1. The molecule has 15 heavy (non-hydrogen) atoms. The maximum atomic E-state index is 4.22. The largest absolute Gasteiger partial charge is 0.179 e. The summed E-state index contributed by atoms with van der Waals surface area (Å²) in [6, 6.07) is 0. The highest BCUT2D eigenvalue weighted by molar-refractivity contribution is 8.37. The number of thiol groups is 1. The van der Waals surface area contributed by atoms with Crippen LogP contribution in [0.2, 0.25) is 0 Å². The highest BCUT2D eigenvalue weighted by atomic mass is 32.2. The highest BCUT2D eigenvalue weighted by Gasteiger charge is 2.18. The zero-order valence-electron chi connectivity index (χ0n) is 7.84. The van der Waals surface area contributed by atoms with Gasteiger partial charge in [0, 0.05) is 0 Å². The lowest BCUT2D eigenvalue weighted by Gasteiger charge is -2.01. The molecule has 0 aromatic heterocycles. The molecule has 0 aromatic rings. The first kappa shape index (κ1) is 12.8. The summed E-state index contributed by atoms with van der Waals surface area (Å²) >= 11 is 13.6. The van der Waals surface area contributed by atoms with Crippen LogP contribution in [0, 0.1) is 0 Å². The molecule has 0 radical (unpaired) electrons. The first-order chi connectivity index (χ1) is 7.40. The highest BCUT2D eigenvalue weighted by Crippen LogP contribution is 2.55. The van der Waals surface area contributed by atoms with E-state index in [4.69, 9.17) is 0 Å². The van der Waals surface area contributed by atoms with Crippen molar-refractivity contribution in [1.29, 1.82) is 0 Å². The van der Waals surface area contributed by atoms with Crippen molar-refractivity contribution < 1.29 is 0 Å². The third-order valence-electron chi connectivity index (χ3n) is 1.57. The van der Waals surface area contributed by atoms with Gasteiger partial charge in [-0.25, -0.2) is 0 Å². The van der Waals surface area contributed by atoms with Gasteiger partial charge in [0.05, 0.1) is 12.7 Å². The molecular formula is C9H10S6. The third-order valence-corrected chi connectivity index (χ3v) is 8.35. The monoisotopic (exact) mass is 310 g/mol. The fraction of sp³-hybridized carbons (Fsp3) is 0.333. The molecule has 2 rings (SSSR count). The molecule has 0 saturated carbocycles. The van der Waals surface area contributed by atoms with Crippen LogP contribution in [-0.4, -0.2) is 11.5 Å². The second kappa shape index (κ2) is 6.91. The molecule has 2 aliphatic rings. The summed E-state index contributed by atoms with van der Waals surface area (Å²) in [6.07, 6.45) is 1.19. The summed E-state index contributed by atoms with van der Waals surface area (Å²) in [4.78, 5) is 0. The van der Waals surface area contributed by atoms with Crippen molar-refractivity contribution >= 4 is 71.4 Å². The average molecular weight is 311 g/mol. The van der Waals surface area contributed by atoms with Gasteiger partial charge < -0.3 is 0 Å². The molecule has 2 aliphatic heterocycles. The summed E-state index contributed by atoms with van der Waals surface area (Å²) in [5, 5.41) is 6.58. The number of hydrogen-bond acceptors (Lipinski definition) is 6. The van der Waals surface area contributed by atoms with Crippen molar-refractivity contribution in [3.05, 3.63) is 28.9 Å². The molecule has 6 heteroatoms. The minimum Gasteiger partial charge on any atom is -0.179 e. The van der Waals surface area contributed by atoms with Gasteiger partial charge in [-0.05, 0) is 34.2 Å². The standard InChI is InChI=1S/C9H10S6/c10-2-1-3-11-7-6-14-9(15-7)8-12-4-5-13-8/h4-6,10H,1-3H2. The molecule has 0 unspecified atom stereocenters. The molecule has 0 nitrogen and oxygen atoms in total. The maximum Gasteiger partial charge on any atom is 0.0705 e. The molecule has 0 atom stereocenters. The molecule has 0 fully saturated rings. The lowest BCUT2D eigenvalue weighted by molar-refractivity contribution is 1.13. The van der Waals surface area contributed by atoms with Gasteiger partial charge in [0.2, 0.25) is 0 Å². The fourth-order valence-corrected chi connectivity index (χ4v) is 7.17. The molecule has 0 spiro atoms. The van der Waals surface area contributed by atoms with Crippen LogP contribution in [0.15, 0.2) is 28.9 Å². The second-order valence-electron chi connectivity index (χ2n) is 2.67. The van der Waals surface area contributed by atoms with Crippen molar-refractivity contribution in [2.24, 2.45) is 0 Å². The van der Waals surface area contributed by atoms with Gasteiger partial charge in [-0.15, -0.1) is 11.8 Å². The normalized spacial score (nSPS) is 20.2. The Morgan fingerprint density at radius 1 is 1.13 bits per heavy atom. The first-order valence-electron chi connectivity index (χ1n) is 4.41. The van der Waals surface area contributed by atoms with Crippen LogP contribution in [0.4, 0.5) is 0 Å². The van der Waals surface area contributed by atoms with Gasteiger partial charge in [-0.2, -0.15) is 12.6 Å². The molecule has 0 amide bonds. The van der Waals surface area contributed by atoms with Gasteiger partial charge >= 0.3 is 0 Å². The summed E-state index contributed by atoms with van der Waals surface area (Å²) in [6.45, 7) is 0. The van der Waals surface area contributed by atoms with Gasteiger partial charge in [0.25, 0.3) is 0 Å². The molecule has 0 saturated heterocycles. The van der Waals surface area contributed by atoms with E-state index in [1.807, 2.05) is 58.8 Å². The van der Waals surface area contributed by atoms with Crippen molar-refractivity contribution in [2.75, 3.05) is 11.5 Å². The van der Waals surface area contributed by atoms with Crippen molar-refractivity contribution in [2.45, 2.75) is 6.42 Å². The van der Waals surface area contributed by atoms with Gasteiger partial charge in [0.1, 0.15) is 0 Å². The summed E-state index contributed by atoms with van der Waals surface area (Å²) in [5.74, 6) is 2.17. The predicted octanol–water partition coefficient (Wildman–Crippen LogP) is 5.40. The number of hydrogen-bond donors (Lipinski definition) is 1. The van der Waals surface area contributed by atoms with Crippen molar-refractivity contribution in [1.82, 2.24) is 0 Å². The van der Waals surface area contributed by atoms with Crippen molar-refractivity contribution in [3.8, 4) is 0 Å². The Hall–Kier alpha value is 1.32. The fourth-order valence-electron chi connectivity index (χ4n) is 0.935. The van der Waals surface area contributed by atoms with E-state index < -0.39 is 0 Å². The van der Waals surface area contributed by atoms with Crippen LogP contribution < -0.4 is 0 Å². The van der Waals surface area contributed by atoms with Crippen LogP contribution in [0.3, 0.4) is 0 Å². The van der Waals surface area contributed by atoms with Crippen LogP contribution in [-0.2, 0) is 0 Å². The maximum absolute atomic E-state index is 4.22. The zero-order chi connectivity index (χ0) is 10.5. The zero-order valence-corrected chi connectivity index (χ0v) is 12.8. The van der Waals surface area contributed by atoms with E-state index in [9.17, 15) is 0 Å². The summed E-state index contributed by atoms with van der Waals surface area (Å²) in [5.41, 5.74) is 0. The van der Waals surface area contributed by atoms with E-state index in [-0.39, 0.29) is 0 Å². The van der Waals surface area contributed by atoms with Crippen LogP contribution in [0.5, 0.6) is 0 Å². The van der Waals surface area contributed by atoms with E-state index >= 15 is 0 Å². The Kier molecular flexibility index (Phi) is 5.88. The smallest absolute Gasteiger partial charge is 0.0705 e. The van der Waals surface area contributed by atoms with Gasteiger partial charge in [0.15, 0.2) is 0 Å². The molecule has 0 aromatic carbocycles. The lowest BCUT2D eigenvalue weighted by atomic mass is 10.6. The molecule has 0 bridgehead atoms. The quantitative estimate of drug-likeness (QED) is 0.544. The van der Waals surface area contributed by atoms with Crippen LogP contribution in [0.1, 0.15) is 6.42 Å². The van der Waals surface area contributed by atoms with E-state index in [0.717, 1.165) is 5.75 Å². The van der Waals surface area contributed by atoms with E-state index in [0.29, 0.717) is 0 Å². The Morgan fingerprint density at radius 3 is 2.67 bits per heavy atom. The predicted molar refractivity (Wildman–Crippen MR) is 85.5 cm³/mol. The van der Waals surface area contributed by atoms with E-state index in [1.54, 1.807) is 0 Å². The van der Waals surface area contributed by atoms with E-state index in [2.05, 4.69) is 28.9 Å². The van der Waals surface area contributed by atoms with Crippen LogP contribution in [0.25, 0.3) is 0 Å². The van der Waals surface area contributed by atoms with Gasteiger partial charge in [-0.3, -0.25) is 0 Å². The molecule has 2 heterocycles. The minimum atomic E-state index is 0.988. The Morgan fingerprint density at radius 2 is 1.93 bits per heavy atom. The second-order valence-corrected chi connectivity index (χ2v) is 8.79. The molecular weight excluding hydrogens is 301 g/mol. The summed E-state index contributed by atoms with van der Waals surface area (Å²) in [7, 11) is 0. The minimum absolute atomic E-state index is 0.988. The first-order valence-corrected chi connectivity index (χ1v) is 9.48. The number of rotatable bonds is 4. The lowest BCUT2D eigenvalue weighted by Crippen LogP contribution is -1.79. The van der Waals surface area contributed by atoms with Gasteiger partial charge in [-0.1, -0.05) is 47.0 Å². The molecule has 0 aliphatic carbocycles. The summed E-state index contributed by atoms with van der Waals surface area (Å²) < 4.78 is 4.33. The molecule has 0 N–H and O–H groups in total. The van der Waals surface area contributed by atoms with Crippen molar-refractivity contribution in [3.63, 3.8) is 0 Å². The average Bonchev–Trinajstić information content (AvgIpc) is 2.87. The molecule has 82 valence electrons. The number of thioether (sulfide) groups is 5. The Labute approximate surface area is 117 Å².